The molecule has 0 saturated heterocycles. The van der Waals surface area contributed by atoms with Gasteiger partial charge in [0.25, 0.3) is 5.91 Å². The summed E-state index contributed by atoms with van der Waals surface area (Å²) >= 11 is 1.24. The van der Waals surface area contributed by atoms with Crippen LogP contribution in [0.5, 0.6) is 17.2 Å². The lowest BCUT2D eigenvalue weighted by molar-refractivity contribution is -0.118. The molecule has 7 nitrogen and oxygen atoms in total. The Kier molecular flexibility index (Phi) is 7.95. The van der Waals surface area contributed by atoms with Crippen molar-refractivity contribution in [1.82, 2.24) is 0 Å². The van der Waals surface area contributed by atoms with Crippen LogP contribution in [-0.4, -0.2) is 39.3 Å². The molecule has 0 aliphatic rings. The van der Waals surface area contributed by atoms with Crippen molar-refractivity contribution in [2.75, 3.05) is 32.8 Å². The predicted octanol–water partition coefficient (Wildman–Crippen LogP) is 5.24. The molecule has 33 heavy (non-hydrogen) atoms. The number of amides is 1. The monoisotopic (exact) mass is 469 g/mol. The highest BCUT2D eigenvalue weighted by molar-refractivity contribution is 7.15. The number of methoxy groups -OCH3 is 2. The van der Waals surface area contributed by atoms with Gasteiger partial charge in [0.05, 0.1) is 20.8 Å². The molecule has 174 valence electrons. The number of carbonyl (C=O) groups excluding carboxylic acids is 2. The highest BCUT2D eigenvalue weighted by atomic mass is 32.1. The Morgan fingerprint density at radius 3 is 2.42 bits per heavy atom. The van der Waals surface area contributed by atoms with E-state index in [1.807, 2.05) is 38.1 Å². The summed E-state index contributed by atoms with van der Waals surface area (Å²) in [5.74, 6) is 0.860. The third-order valence-electron chi connectivity index (χ3n) is 4.92. The van der Waals surface area contributed by atoms with Gasteiger partial charge in [0, 0.05) is 10.9 Å². The lowest BCUT2D eigenvalue weighted by atomic mass is 10.0. The highest BCUT2D eigenvalue weighted by Crippen LogP contribution is 2.39. The summed E-state index contributed by atoms with van der Waals surface area (Å²) in [7, 11) is 3.10. The third kappa shape index (κ3) is 5.64. The van der Waals surface area contributed by atoms with E-state index in [-0.39, 0.29) is 24.7 Å². The molecule has 1 aromatic heterocycles. The maximum atomic E-state index is 12.8. The normalized spacial score (nSPS) is 10.5. The van der Waals surface area contributed by atoms with Crippen molar-refractivity contribution in [2.45, 2.75) is 20.8 Å². The van der Waals surface area contributed by atoms with Crippen LogP contribution < -0.4 is 19.5 Å². The molecule has 0 radical (unpaired) electrons. The molecule has 0 fully saturated rings. The van der Waals surface area contributed by atoms with Crippen LogP contribution in [-0.2, 0) is 9.53 Å². The van der Waals surface area contributed by atoms with Gasteiger partial charge in [-0.25, -0.2) is 4.79 Å². The smallest absolute Gasteiger partial charge is 0.341 e. The van der Waals surface area contributed by atoms with Crippen molar-refractivity contribution < 1.29 is 28.5 Å². The number of anilines is 1. The van der Waals surface area contributed by atoms with Gasteiger partial charge >= 0.3 is 5.97 Å². The molecule has 0 bridgehead atoms. The summed E-state index contributed by atoms with van der Waals surface area (Å²) in [5, 5.41) is 4.99. The maximum absolute atomic E-state index is 12.8. The second-order valence-corrected chi connectivity index (χ2v) is 8.13. The minimum Gasteiger partial charge on any atom is -0.493 e. The number of aryl methyl sites for hydroxylation is 2. The van der Waals surface area contributed by atoms with Crippen LogP contribution in [0, 0.1) is 13.8 Å². The molecule has 3 rings (SSSR count). The zero-order valence-corrected chi connectivity index (χ0v) is 20.1. The molecule has 0 aliphatic heterocycles. The molecule has 8 heteroatoms. The average Bonchev–Trinajstić information content (AvgIpc) is 3.22. The first kappa shape index (κ1) is 24.1. The Hall–Kier alpha value is -3.52. The highest BCUT2D eigenvalue weighted by Gasteiger charge is 2.23. The Bertz CT molecular complexity index is 1150. The molecule has 2 aromatic carbocycles. The summed E-state index contributed by atoms with van der Waals surface area (Å²) in [4.78, 5) is 25.4. The second kappa shape index (κ2) is 10.9. The minimum atomic E-state index is -0.519. The number of esters is 1. The van der Waals surface area contributed by atoms with Gasteiger partial charge in [-0.15, -0.1) is 11.3 Å². The largest absolute Gasteiger partial charge is 0.493 e. The van der Waals surface area contributed by atoms with E-state index >= 15 is 0 Å². The Labute approximate surface area is 197 Å². The van der Waals surface area contributed by atoms with Crippen LogP contribution in [0.3, 0.4) is 0 Å². The number of hydrogen-bond acceptors (Lipinski definition) is 7. The number of rotatable bonds is 9. The molecule has 0 aliphatic carbocycles. The van der Waals surface area contributed by atoms with Gasteiger partial charge in [0.15, 0.2) is 18.1 Å². The van der Waals surface area contributed by atoms with Crippen LogP contribution in [0.4, 0.5) is 5.00 Å². The molecule has 0 atom stereocenters. The first-order valence-corrected chi connectivity index (χ1v) is 11.3. The Balaban J connectivity index is 1.86. The van der Waals surface area contributed by atoms with Gasteiger partial charge in [-0.05, 0) is 55.7 Å². The van der Waals surface area contributed by atoms with Crippen molar-refractivity contribution >= 4 is 28.2 Å². The summed E-state index contributed by atoms with van der Waals surface area (Å²) in [6.45, 7) is 5.63. The number of nitrogens with one attached hydrogen (secondary N) is 1. The van der Waals surface area contributed by atoms with Gasteiger partial charge < -0.3 is 24.3 Å². The van der Waals surface area contributed by atoms with Gasteiger partial charge in [0.1, 0.15) is 16.3 Å². The first-order valence-electron chi connectivity index (χ1n) is 10.4. The Morgan fingerprint density at radius 2 is 1.73 bits per heavy atom. The van der Waals surface area contributed by atoms with Gasteiger partial charge in [-0.2, -0.15) is 0 Å². The zero-order valence-electron chi connectivity index (χ0n) is 19.3. The van der Waals surface area contributed by atoms with E-state index < -0.39 is 5.97 Å². The van der Waals surface area contributed by atoms with Crippen LogP contribution in [0.1, 0.15) is 28.4 Å². The van der Waals surface area contributed by atoms with Crippen LogP contribution in [0.15, 0.2) is 41.8 Å². The number of benzene rings is 2. The number of carbonyl (C=O) groups is 2. The average molecular weight is 470 g/mol. The zero-order chi connectivity index (χ0) is 24.0. The van der Waals surface area contributed by atoms with Gasteiger partial charge in [-0.1, -0.05) is 18.2 Å². The lowest BCUT2D eigenvalue weighted by Crippen LogP contribution is -2.21. The number of hydrogen-bond donors (Lipinski definition) is 1. The summed E-state index contributed by atoms with van der Waals surface area (Å²) in [5.41, 5.74) is 3.63. The molecule has 1 N–H and O–H groups in total. The van der Waals surface area contributed by atoms with E-state index in [1.165, 1.54) is 11.3 Å². The standard InChI is InChI=1S/C25H27NO6S/c1-6-31-25(28)23-18(17-9-10-19(29-4)21(12-17)30-5)14-33-24(23)26-22(27)13-32-20-11-15(2)7-8-16(20)3/h7-12,14H,6,13H2,1-5H3,(H,26,27). The first-order chi connectivity index (χ1) is 15.9. The van der Waals surface area contributed by atoms with Crippen molar-refractivity contribution in [3.63, 3.8) is 0 Å². The molecule has 3 aromatic rings. The fraction of sp³-hybridized carbons (Fsp3) is 0.280. The molecule has 1 amide bonds. The molecular formula is C25H27NO6S. The molecule has 1 heterocycles. The van der Waals surface area contributed by atoms with Gasteiger partial charge in [0.2, 0.25) is 0 Å². The SMILES string of the molecule is CCOC(=O)c1c(-c2ccc(OC)c(OC)c2)csc1NC(=O)COc1cc(C)ccc1C. The van der Waals surface area contributed by atoms with Gasteiger partial charge in [-0.3, -0.25) is 4.79 Å². The lowest BCUT2D eigenvalue weighted by Gasteiger charge is -2.12. The van der Waals surface area contributed by atoms with Crippen molar-refractivity contribution in [3.8, 4) is 28.4 Å². The summed E-state index contributed by atoms with van der Waals surface area (Å²) < 4.78 is 21.6. The van der Waals surface area contributed by atoms with Crippen LogP contribution >= 0.6 is 11.3 Å². The maximum Gasteiger partial charge on any atom is 0.341 e. The van der Waals surface area contributed by atoms with Crippen molar-refractivity contribution in [1.29, 1.82) is 0 Å². The van der Waals surface area contributed by atoms with Crippen molar-refractivity contribution in [3.05, 3.63) is 58.5 Å². The van der Waals surface area contributed by atoms with E-state index in [0.717, 1.165) is 16.7 Å². The van der Waals surface area contributed by atoms with E-state index in [4.69, 9.17) is 18.9 Å². The van der Waals surface area contributed by atoms with E-state index in [0.29, 0.717) is 27.8 Å². The summed E-state index contributed by atoms with van der Waals surface area (Å²) in [6, 6.07) is 11.2. The van der Waals surface area contributed by atoms with E-state index in [1.54, 1.807) is 38.7 Å². The molecule has 0 saturated carbocycles. The number of ether oxygens (including phenoxy) is 4. The van der Waals surface area contributed by atoms with E-state index in [9.17, 15) is 9.59 Å². The topological polar surface area (TPSA) is 83.1 Å². The second-order valence-electron chi connectivity index (χ2n) is 7.25. The van der Waals surface area contributed by atoms with Crippen LogP contribution in [0.25, 0.3) is 11.1 Å². The summed E-state index contributed by atoms with van der Waals surface area (Å²) in [6.07, 6.45) is 0. The predicted molar refractivity (Wildman–Crippen MR) is 129 cm³/mol. The molecular weight excluding hydrogens is 442 g/mol. The van der Waals surface area contributed by atoms with Crippen LogP contribution in [0.2, 0.25) is 0 Å². The number of thiophene rings is 1. The minimum absolute atomic E-state index is 0.184. The van der Waals surface area contributed by atoms with Crippen molar-refractivity contribution in [2.24, 2.45) is 0 Å². The Morgan fingerprint density at radius 1 is 0.970 bits per heavy atom. The molecule has 0 unspecified atom stereocenters. The molecule has 0 spiro atoms. The third-order valence-corrected chi connectivity index (χ3v) is 5.82. The quantitative estimate of drug-likeness (QED) is 0.432. The van der Waals surface area contributed by atoms with E-state index in [2.05, 4.69) is 5.32 Å². The fourth-order valence-corrected chi connectivity index (χ4v) is 4.21. The fourth-order valence-electron chi connectivity index (χ4n) is 3.24.